The molecule has 218 valence electrons. The van der Waals surface area contributed by atoms with Gasteiger partial charge in [0.15, 0.2) is 0 Å². The number of nitrogens with one attached hydrogen (secondary N) is 1. The van der Waals surface area contributed by atoms with Crippen LogP contribution in [-0.2, 0) is 26.2 Å². The highest BCUT2D eigenvalue weighted by Gasteiger charge is 2.33. The van der Waals surface area contributed by atoms with Crippen LogP contribution < -0.4 is 14.4 Å². The second kappa shape index (κ2) is 13.9. The third kappa shape index (κ3) is 7.80. The lowest BCUT2D eigenvalue weighted by molar-refractivity contribution is -0.139. The lowest BCUT2D eigenvalue weighted by atomic mass is 9.95. The van der Waals surface area contributed by atoms with Gasteiger partial charge in [-0.15, -0.1) is 0 Å². The Morgan fingerprint density at radius 1 is 0.951 bits per heavy atom. The molecule has 1 N–H and O–H groups in total. The van der Waals surface area contributed by atoms with Crippen molar-refractivity contribution in [2.24, 2.45) is 0 Å². The molecular weight excluding hydrogens is 562 g/mol. The number of hydrogen-bond donors (Lipinski definition) is 1. The molecule has 0 unspecified atom stereocenters. The molecule has 1 atom stereocenters. The van der Waals surface area contributed by atoms with E-state index >= 15 is 0 Å². The Hall–Kier alpha value is -3.56. The van der Waals surface area contributed by atoms with E-state index in [0.29, 0.717) is 10.8 Å². The molecule has 0 saturated heterocycles. The highest BCUT2D eigenvalue weighted by atomic mass is 35.5. The number of ether oxygens (including phenoxy) is 1. The van der Waals surface area contributed by atoms with Crippen molar-refractivity contribution in [2.75, 3.05) is 18.0 Å². The third-order valence-corrected chi connectivity index (χ3v) is 9.40. The first kappa shape index (κ1) is 30.4. The van der Waals surface area contributed by atoms with Crippen LogP contribution in [0.15, 0.2) is 83.8 Å². The van der Waals surface area contributed by atoms with Crippen molar-refractivity contribution in [1.29, 1.82) is 0 Å². The van der Waals surface area contributed by atoms with Crippen LogP contribution in [0.3, 0.4) is 0 Å². The zero-order chi connectivity index (χ0) is 29.4. The molecular formula is C31H36ClN3O5S. The second-order valence-electron chi connectivity index (χ2n) is 10.2. The van der Waals surface area contributed by atoms with Gasteiger partial charge in [-0.05, 0) is 73.9 Å². The van der Waals surface area contributed by atoms with Crippen molar-refractivity contribution in [2.45, 2.75) is 62.6 Å². The predicted octanol–water partition coefficient (Wildman–Crippen LogP) is 5.41. The molecule has 0 bridgehead atoms. The Morgan fingerprint density at radius 2 is 1.59 bits per heavy atom. The average Bonchev–Trinajstić information content (AvgIpc) is 2.99. The van der Waals surface area contributed by atoms with Gasteiger partial charge in [0.2, 0.25) is 11.8 Å². The summed E-state index contributed by atoms with van der Waals surface area (Å²) in [6, 6.07) is 20.8. The van der Waals surface area contributed by atoms with Crippen molar-refractivity contribution in [3.05, 3.63) is 89.4 Å². The summed E-state index contributed by atoms with van der Waals surface area (Å²) in [7, 11) is -2.68. The normalized spacial score (nSPS) is 14.6. The number of sulfonamides is 1. The molecule has 10 heteroatoms. The maximum absolute atomic E-state index is 14.0. The number of carbonyl (C=O) groups excluding carboxylic acids is 2. The van der Waals surface area contributed by atoms with E-state index in [2.05, 4.69) is 5.32 Å². The van der Waals surface area contributed by atoms with Gasteiger partial charge in [0.1, 0.15) is 18.3 Å². The van der Waals surface area contributed by atoms with Crippen molar-refractivity contribution in [3.63, 3.8) is 0 Å². The number of benzene rings is 3. The number of carbonyl (C=O) groups is 2. The predicted molar refractivity (Wildman–Crippen MR) is 160 cm³/mol. The number of methoxy groups -OCH3 is 1. The van der Waals surface area contributed by atoms with Crippen LogP contribution in [0.4, 0.5) is 5.69 Å². The highest BCUT2D eigenvalue weighted by Crippen LogP contribution is 2.27. The Kier molecular flexibility index (Phi) is 10.3. The topological polar surface area (TPSA) is 96.0 Å². The van der Waals surface area contributed by atoms with Crippen LogP contribution in [0.5, 0.6) is 5.75 Å². The first-order chi connectivity index (χ1) is 19.7. The molecule has 41 heavy (non-hydrogen) atoms. The molecule has 3 aromatic rings. The first-order valence-corrected chi connectivity index (χ1v) is 15.6. The van der Waals surface area contributed by atoms with Crippen molar-refractivity contribution in [1.82, 2.24) is 10.2 Å². The molecule has 4 rings (SSSR count). The lowest BCUT2D eigenvalue weighted by Crippen LogP contribution is -2.53. The maximum Gasteiger partial charge on any atom is 0.264 e. The van der Waals surface area contributed by atoms with E-state index in [4.69, 9.17) is 16.3 Å². The van der Waals surface area contributed by atoms with E-state index in [-0.39, 0.29) is 29.1 Å². The smallest absolute Gasteiger partial charge is 0.264 e. The summed E-state index contributed by atoms with van der Waals surface area (Å²) >= 11 is 6.08. The van der Waals surface area contributed by atoms with Gasteiger partial charge in [0.25, 0.3) is 10.0 Å². The van der Waals surface area contributed by atoms with E-state index in [0.717, 1.165) is 42.0 Å². The minimum absolute atomic E-state index is 0.00116. The lowest BCUT2D eigenvalue weighted by Gasteiger charge is -2.33. The van der Waals surface area contributed by atoms with E-state index in [9.17, 15) is 18.0 Å². The summed E-state index contributed by atoms with van der Waals surface area (Å²) < 4.78 is 34.0. The zero-order valence-electron chi connectivity index (χ0n) is 23.3. The van der Waals surface area contributed by atoms with Crippen molar-refractivity contribution in [3.8, 4) is 5.75 Å². The van der Waals surface area contributed by atoms with Crippen molar-refractivity contribution < 1.29 is 22.7 Å². The summed E-state index contributed by atoms with van der Waals surface area (Å²) in [5.74, 6) is -0.255. The van der Waals surface area contributed by atoms with Crippen LogP contribution in [0.25, 0.3) is 0 Å². The zero-order valence-corrected chi connectivity index (χ0v) is 24.9. The van der Waals surface area contributed by atoms with Gasteiger partial charge in [-0.3, -0.25) is 13.9 Å². The van der Waals surface area contributed by atoms with Gasteiger partial charge < -0.3 is 15.0 Å². The van der Waals surface area contributed by atoms with Gasteiger partial charge in [-0.2, -0.15) is 0 Å². The van der Waals surface area contributed by atoms with Gasteiger partial charge in [0.05, 0.1) is 17.7 Å². The molecule has 3 aromatic carbocycles. The van der Waals surface area contributed by atoms with Gasteiger partial charge in [-0.1, -0.05) is 61.2 Å². The number of hydrogen-bond acceptors (Lipinski definition) is 5. The molecule has 0 aliphatic heterocycles. The quantitative estimate of drug-likeness (QED) is 0.319. The number of rotatable bonds is 11. The first-order valence-electron chi connectivity index (χ1n) is 13.7. The van der Waals surface area contributed by atoms with E-state index < -0.39 is 28.5 Å². The molecule has 0 heterocycles. The summed E-state index contributed by atoms with van der Waals surface area (Å²) in [6.45, 7) is 1.32. The van der Waals surface area contributed by atoms with Gasteiger partial charge >= 0.3 is 0 Å². The summed E-state index contributed by atoms with van der Waals surface area (Å²) in [4.78, 5) is 28.8. The number of nitrogens with zero attached hydrogens (tertiary/aromatic N) is 2. The van der Waals surface area contributed by atoms with Crippen molar-refractivity contribution >= 4 is 39.1 Å². The van der Waals surface area contributed by atoms with Crippen LogP contribution in [0.2, 0.25) is 5.02 Å². The SMILES string of the molecule is COc1ccc(S(=O)(=O)N(CC(=O)N(Cc2ccccc2)[C@H](C)C(=O)NC2CCCCC2)c2ccc(Cl)cc2)cc1. The molecule has 8 nitrogen and oxygen atoms in total. The Balaban J connectivity index is 1.65. The monoisotopic (exact) mass is 597 g/mol. The number of halogens is 1. The molecule has 0 aromatic heterocycles. The molecule has 1 saturated carbocycles. The largest absolute Gasteiger partial charge is 0.497 e. The summed E-state index contributed by atoms with van der Waals surface area (Å²) in [5, 5.41) is 3.54. The highest BCUT2D eigenvalue weighted by molar-refractivity contribution is 7.92. The molecule has 1 aliphatic rings. The maximum atomic E-state index is 14.0. The molecule has 0 radical (unpaired) electrons. The molecule has 0 spiro atoms. The Morgan fingerprint density at radius 3 is 2.20 bits per heavy atom. The van der Waals surface area contributed by atoms with E-state index in [1.165, 1.54) is 24.1 Å². The Labute approximate surface area is 247 Å². The summed E-state index contributed by atoms with van der Waals surface area (Å²) in [6.07, 6.45) is 5.10. The fourth-order valence-corrected chi connectivity index (χ4v) is 6.48. The van der Waals surface area contributed by atoms with Gasteiger partial charge in [0, 0.05) is 17.6 Å². The minimum atomic E-state index is -4.18. The third-order valence-electron chi connectivity index (χ3n) is 7.36. The molecule has 2 amide bonds. The molecule has 1 aliphatic carbocycles. The summed E-state index contributed by atoms with van der Waals surface area (Å²) in [5.41, 5.74) is 1.10. The fraction of sp³-hybridized carbons (Fsp3) is 0.355. The molecule has 1 fully saturated rings. The standard InChI is InChI=1S/C31H36ClN3O5S/c1-23(31(37)33-26-11-7-4-8-12-26)34(21-24-9-5-3-6-10-24)30(36)22-35(27-15-13-25(32)14-16-27)41(38,39)29-19-17-28(40-2)18-20-29/h3,5-6,9-10,13-20,23,26H,4,7-8,11-12,21-22H2,1-2H3,(H,33,37)/t23-/m1/s1. The minimum Gasteiger partial charge on any atom is -0.497 e. The fourth-order valence-electron chi connectivity index (χ4n) is 4.94. The van der Waals surface area contributed by atoms with E-state index in [1.807, 2.05) is 30.3 Å². The van der Waals surface area contributed by atoms with Crippen LogP contribution >= 0.6 is 11.6 Å². The van der Waals surface area contributed by atoms with Crippen LogP contribution in [0.1, 0.15) is 44.6 Å². The van der Waals surface area contributed by atoms with Gasteiger partial charge in [-0.25, -0.2) is 8.42 Å². The number of amides is 2. The van der Waals surface area contributed by atoms with Crippen LogP contribution in [-0.4, -0.2) is 50.9 Å². The van der Waals surface area contributed by atoms with Crippen LogP contribution in [0, 0.1) is 0 Å². The number of anilines is 1. The second-order valence-corrected chi connectivity index (χ2v) is 12.5. The van der Waals surface area contributed by atoms with E-state index in [1.54, 1.807) is 43.3 Å². The Bertz CT molecular complexity index is 1410. The average molecular weight is 598 g/mol.